The summed E-state index contributed by atoms with van der Waals surface area (Å²) >= 11 is 3.62. The minimum atomic E-state index is 0.791. The van der Waals surface area contributed by atoms with Gasteiger partial charge in [0.1, 0.15) is 0 Å². The van der Waals surface area contributed by atoms with Gasteiger partial charge in [-0.15, -0.1) is 0 Å². The Balaban J connectivity index is 2.18. The molecular formula is C7H14BrN. The molecule has 1 fully saturated rings. The first-order valence-electron chi connectivity index (χ1n) is 3.64. The first kappa shape index (κ1) is 7.55. The van der Waals surface area contributed by atoms with Gasteiger partial charge in [0.15, 0.2) is 0 Å². The van der Waals surface area contributed by atoms with Crippen molar-refractivity contribution in [2.45, 2.75) is 36.6 Å². The molecule has 0 bridgehead atoms. The summed E-state index contributed by atoms with van der Waals surface area (Å²) in [5.41, 5.74) is 0. The van der Waals surface area contributed by atoms with Gasteiger partial charge in [-0.3, -0.25) is 0 Å². The molecule has 0 amide bonds. The van der Waals surface area contributed by atoms with Gasteiger partial charge in [-0.25, -0.2) is 0 Å². The van der Waals surface area contributed by atoms with E-state index >= 15 is 0 Å². The van der Waals surface area contributed by atoms with Crippen LogP contribution >= 0.6 is 15.9 Å². The number of alkyl halides is 1. The third-order valence-electron chi connectivity index (χ3n) is 2.06. The Bertz CT molecular complexity index is 77.0. The molecule has 1 rings (SSSR count). The third-order valence-corrected chi connectivity index (χ3v) is 2.98. The molecule has 0 aromatic heterocycles. The van der Waals surface area contributed by atoms with Crippen LogP contribution in [0, 0.1) is 0 Å². The van der Waals surface area contributed by atoms with Crippen LogP contribution in [0.15, 0.2) is 0 Å². The van der Waals surface area contributed by atoms with Crippen LogP contribution in [0.4, 0.5) is 0 Å². The van der Waals surface area contributed by atoms with Crippen molar-refractivity contribution in [1.82, 2.24) is 5.32 Å². The minimum Gasteiger partial charge on any atom is -0.317 e. The lowest BCUT2D eigenvalue weighted by Gasteiger charge is -2.24. The van der Waals surface area contributed by atoms with Crippen molar-refractivity contribution in [2.24, 2.45) is 0 Å². The summed E-state index contributed by atoms with van der Waals surface area (Å²) in [6.45, 7) is 0. The molecule has 9 heavy (non-hydrogen) atoms. The summed E-state index contributed by atoms with van der Waals surface area (Å²) in [4.78, 5) is 0.794. The van der Waals surface area contributed by atoms with Crippen molar-refractivity contribution >= 4 is 15.9 Å². The molecule has 1 N–H and O–H groups in total. The molecule has 0 saturated heterocycles. The van der Waals surface area contributed by atoms with Gasteiger partial charge in [0.2, 0.25) is 0 Å². The van der Waals surface area contributed by atoms with Gasteiger partial charge in [-0.1, -0.05) is 15.9 Å². The zero-order valence-electron chi connectivity index (χ0n) is 5.86. The van der Waals surface area contributed by atoms with Crippen LogP contribution < -0.4 is 5.32 Å². The van der Waals surface area contributed by atoms with Gasteiger partial charge >= 0.3 is 0 Å². The summed E-state index contributed by atoms with van der Waals surface area (Å²) in [6.07, 6.45) is 5.36. The van der Waals surface area contributed by atoms with E-state index in [0.717, 1.165) is 10.9 Å². The maximum atomic E-state index is 3.62. The zero-order valence-corrected chi connectivity index (χ0v) is 7.45. The van der Waals surface area contributed by atoms with E-state index in [-0.39, 0.29) is 0 Å². The molecule has 0 radical (unpaired) electrons. The lowest BCUT2D eigenvalue weighted by molar-refractivity contribution is 0.404. The molecule has 54 valence electrons. The van der Waals surface area contributed by atoms with Crippen molar-refractivity contribution in [3.63, 3.8) is 0 Å². The average Bonchev–Trinajstić information content (AvgIpc) is 1.90. The highest BCUT2D eigenvalue weighted by Gasteiger charge is 2.16. The van der Waals surface area contributed by atoms with Crippen LogP contribution in [-0.2, 0) is 0 Å². The van der Waals surface area contributed by atoms with Crippen LogP contribution in [0.5, 0.6) is 0 Å². The van der Waals surface area contributed by atoms with E-state index in [9.17, 15) is 0 Å². The standard InChI is InChI=1S/C7H14BrN/c1-9-7-4-2-6(8)3-5-7/h6-7,9H,2-5H2,1H3. The number of hydrogen-bond donors (Lipinski definition) is 1. The molecular weight excluding hydrogens is 178 g/mol. The second-order valence-electron chi connectivity index (χ2n) is 2.74. The summed E-state index contributed by atoms with van der Waals surface area (Å²) in [6, 6.07) is 0.791. The van der Waals surface area contributed by atoms with E-state index < -0.39 is 0 Å². The largest absolute Gasteiger partial charge is 0.317 e. The highest BCUT2D eigenvalue weighted by Crippen LogP contribution is 2.23. The van der Waals surface area contributed by atoms with Crippen molar-refractivity contribution in [3.8, 4) is 0 Å². The number of rotatable bonds is 1. The van der Waals surface area contributed by atoms with Crippen LogP contribution in [0.2, 0.25) is 0 Å². The first-order chi connectivity index (χ1) is 4.33. The summed E-state index contributed by atoms with van der Waals surface area (Å²) in [5.74, 6) is 0. The maximum absolute atomic E-state index is 3.62. The SMILES string of the molecule is CNC1CCC(Br)CC1. The Hall–Kier alpha value is 0.440. The van der Waals surface area contributed by atoms with E-state index in [1.807, 2.05) is 0 Å². The normalized spacial score (nSPS) is 36.7. The minimum absolute atomic E-state index is 0.791. The monoisotopic (exact) mass is 191 g/mol. The van der Waals surface area contributed by atoms with Gasteiger partial charge in [-0.2, -0.15) is 0 Å². The fourth-order valence-electron chi connectivity index (χ4n) is 1.34. The first-order valence-corrected chi connectivity index (χ1v) is 4.56. The predicted molar refractivity (Wildman–Crippen MR) is 44.0 cm³/mol. The second kappa shape index (κ2) is 3.57. The highest BCUT2D eigenvalue weighted by molar-refractivity contribution is 9.09. The molecule has 0 aromatic rings. The Kier molecular flexibility index (Phi) is 2.99. The Morgan fingerprint density at radius 2 is 1.78 bits per heavy atom. The van der Waals surface area contributed by atoms with E-state index in [0.29, 0.717) is 0 Å². The number of nitrogens with one attached hydrogen (secondary N) is 1. The zero-order chi connectivity index (χ0) is 6.69. The van der Waals surface area contributed by atoms with Crippen molar-refractivity contribution in [3.05, 3.63) is 0 Å². The fourth-order valence-corrected chi connectivity index (χ4v) is 1.87. The van der Waals surface area contributed by atoms with Crippen molar-refractivity contribution in [1.29, 1.82) is 0 Å². The lowest BCUT2D eigenvalue weighted by atomic mass is 9.96. The van der Waals surface area contributed by atoms with E-state index in [4.69, 9.17) is 0 Å². The molecule has 0 unspecified atom stereocenters. The van der Waals surface area contributed by atoms with E-state index in [1.165, 1.54) is 25.7 Å². The molecule has 0 aromatic carbocycles. The van der Waals surface area contributed by atoms with Crippen LogP contribution in [0.3, 0.4) is 0 Å². The Morgan fingerprint density at radius 3 is 2.22 bits per heavy atom. The summed E-state index contributed by atoms with van der Waals surface area (Å²) < 4.78 is 0. The quantitative estimate of drug-likeness (QED) is 0.625. The molecule has 1 saturated carbocycles. The van der Waals surface area contributed by atoms with Gasteiger partial charge in [-0.05, 0) is 32.7 Å². The van der Waals surface area contributed by atoms with Crippen LogP contribution in [-0.4, -0.2) is 17.9 Å². The van der Waals surface area contributed by atoms with Gasteiger partial charge in [0.25, 0.3) is 0 Å². The molecule has 0 heterocycles. The molecule has 1 nitrogen and oxygen atoms in total. The Labute approximate surface area is 65.3 Å². The molecule has 2 heteroatoms. The lowest BCUT2D eigenvalue weighted by Crippen LogP contribution is -2.30. The summed E-state index contributed by atoms with van der Waals surface area (Å²) in [5, 5.41) is 3.30. The Morgan fingerprint density at radius 1 is 1.22 bits per heavy atom. The van der Waals surface area contributed by atoms with E-state index in [2.05, 4.69) is 28.3 Å². The van der Waals surface area contributed by atoms with Gasteiger partial charge in [0, 0.05) is 10.9 Å². The predicted octanol–water partition coefficient (Wildman–Crippen LogP) is 1.91. The van der Waals surface area contributed by atoms with Gasteiger partial charge < -0.3 is 5.32 Å². The van der Waals surface area contributed by atoms with Crippen molar-refractivity contribution in [2.75, 3.05) is 7.05 Å². The summed E-state index contributed by atoms with van der Waals surface area (Å²) in [7, 11) is 2.05. The number of hydrogen-bond acceptors (Lipinski definition) is 1. The van der Waals surface area contributed by atoms with Crippen LogP contribution in [0.1, 0.15) is 25.7 Å². The van der Waals surface area contributed by atoms with Crippen LogP contribution in [0.25, 0.3) is 0 Å². The van der Waals surface area contributed by atoms with Gasteiger partial charge in [0.05, 0.1) is 0 Å². The molecule has 1 aliphatic carbocycles. The van der Waals surface area contributed by atoms with E-state index in [1.54, 1.807) is 0 Å². The molecule has 1 aliphatic rings. The molecule has 0 atom stereocenters. The highest BCUT2D eigenvalue weighted by atomic mass is 79.9. The molecule has 0 aliphatic heterocycles. The molecule has 0 spiro atoms. The fraction of sp³-hybridized carbons (Fsp3) is 1.00. The second-order valence-corrected chi connectivity index (χ2v) is 4.03. The topological polar surface area (TPSA) is 12.0 Å². The average molecular weight is 192 g/mol. The smallest absolute Gasteiger partial charge is 0.0147 e. The van der Waals surface area contributed by atoms with Crippen molar-refractivity contribution < 1.29 is 0 Å². The number of halogens is 1. The maximum Gasteiger partial charge on any atom is 0.0147 e. The third kappa shape index (κ3) is 2.26.